The lowest BCUT2D eigenvalue weighted by atomic mass is 9.95. The van der Waals surface area contributed by atoms with Crippen molar-refractivity contribution in [2.75, 3.05) is 20.8 Å². The maximum atomic E-state index is 6.02. The molecule has 0 aliphatic rings. The van der Waals surface area contributed by atoms with Crippen molar-refractivity contribution in [1.29, 1.82) is 0 Å². The molecular formula is C16H34O4. The summed E-state index contributed by atoms with van der Waals surface area (Å²) in [4.78, 5) is 0. The van der Waals surface area contributed by atoms with Crippen LogP contribution in [0.1, 0.15) is 54.9 Å². The van der Waals surface area contributed by atoms with Crippen molar-refractivity contribution in [3.8, 4) is 0 Å². The van der Waals surface area contributed by atoms with Crippen LogP contribution in [0.4, 0.5) is 0 Å². The molecule has 3 atom stereocenters. The molecule has 0 aromatic rings. The normalized spacial score (nSPS) is 17.9. The van der Waals surface area contributed by atoms with Gasteiger partial charge in [-0.3, -0.25) is 0 Å². The van der Waals surface area contributed by atoms with Crippen molar-refractivity contribution in [2.24, 2.45) is 10.8 Å². The number of rotatable bonds is 8. The van der Waals surface area contributed by atoms with E-state index in [4.69, 9.17) is 18.9 Å². The summed E-state index contributed by atoms with van der Waals surface area (Å²) in [6, 6.07) is 0. The summed E-state index contributed by atoms with van der Waals surface area (Å²) in [7, 11) is 3.35. The fourth-order valence-electron chi connectivity index (χ4n) is 1.91. The van der Waals surface area contributed by atoms with Gasteiger partial charge in [-0.05, 0) is 6.42 Å². The third kappa shape index (κ3) is 7.02. The van der Waals surface area contributed by atoms with E-state index in [-0.39, 0.29) is 29.5 Å². The third-order valence-corrected chi connectivity index (χ3v) is 3.05. The van der Waals surface area contributed by atoms with Gasteiger partial charge < -0.3 is 18.9 Å². The van der Waals surface area contributed by atoms with E-state index in [0.717, 1.165) is 6.42 Å². The van der Waals surface area contributed by atoms with Crippen molar-refractivity contribution in [3.05, 3.63) is 0 Å². The second-order valence-corrected chi connectivity index (χ2v) is 7.37. The number of ether oxygens (including phenoxy) is 4. The molecule has 0 saturated heterocycles. The smallest absolute Gasteiger partial charge is 0.162 e. The monoisotopic (exact) mass is 290 g/mol. The van der Waals surface area contributed by atoms with E-state index < -0.39 is 0 Å². The van der Waals surface area contributed by atoms with Gasteiger partial charge >= 0.3 is 0 Å². The molecule has 122 valence electrons. The van der Waals surface area contributed by atoms with Gasteiger partial charge in [-0.2, -0.15) is 0 Å². The molecule has 0 N–H and O–H groups in total. The van der Waals surface area contributed by atoms with Crippen LogP contribution < -0.4 is 0 Å². The molecule has 0 radical (unpaired) electrons. The molecule has 0 heterocycles. The fourth-order valence-corrected chi connectivity index (χ4v) is 1.91. The van der Waals surface area contributed by atoms with Crippen LogP contribution in [0, 0.1) is 10.8 Å². The van der Waals surface area contributed by atoms with Crippen molar-refractivity contribution < 1.29 is 18.9 Å². The van der Waals surface area contributed by atoms with Crippen LogP contribution in [0.15, 0.2) is 0 Å². The first kappa shape index (κ1) is 19.8. The predicted octanol–water partition coefficient (Wildman–Crippen LogP) is 3.84. The van der Waals surface area contributed by atoms with Crippen LogP contribution in [0.5, 0.6) is 0 Å². The van der Waals surface area contributed by atoms with E-state index in [9.17, 15) is 0 Å². The molecule has 0 amide bonds. The molecule has 4 heteroatoms. The zero-order chi connectivity index (χ0) is 16.0. The first-order valence-corrected chi connectivity index (χ1v) is 7.38. The molecule has 0 rings (SSSR count). The van der Waals surface area contributed by atoms with Gasteiger partial charge in [0.15, 0.2) is 12.6 Å². The highest BCUT2D eigenvalue weighted by Crippen LogP contribution is 2.26. The summed E-state index contributed by atoms with van der Waals surface area (Å²) in [6.07, 6.45) is 0.387. The SMILES string of the molecule is CCC(COC(OC)C(C)(C)C)OC(OC)C(C)(C)C. The Morgan fingerprint density at radius 2 is 1.25 bits per heavy atom. The van der Waals surface area contributed by atoms with Crippen LogP contribution in [-0.4, -0.2) is 39.5 Å². The van der Waals surface area contributed by atoms with E-state index in [1.807, 2.05) is 0 Å². The molecule has 0 aromatic heterocycles. The minimum absolute atomic E-state index is 0.000764. The van der Waals surface area contributed by atoms with Crippen LogP contribution >= 0.6 is 0 Å². The molecule has 0 fully saturated rings. The summed E-state index contributed by atoms with van der Waals surface area (Å²) in [5.74, 6) is 0. The minimum atomic E-state index is -0.244. The second kappa shape index (κ2) is 8.32. The van der Waals surface area contributed by atoms with Crippen LogP contribution in [0.25, 0.3) is 0 Å². The molecular weight excluding hydrogens is 256 g/mol. The Balaban J connectivity index is 4.48. The first-order valence-electron chi connectivity index (χ1n) is 7.38. The Labute approximate surface area is 125 Å². The highest BCUT2D eigenvalue weighted by atomic mass is 16.7. The molecule has 0 bridgehead atoms. The molecule has 0 aliphatic heterocycles. The van der Waals surface area contributed by atoms with Gasteiger partial charge in [0.1, 0.15) is 0 Å². The maximum absolute atomic E-state index is 6.02. The largest absolute Gasteiger partial charge is 0.355 e. The average Bonchev–Trinajstić information content (AvgIpc) is 2.30. The quantitative estimate of drug-likeness (QED) is 0.637. The summed E-state index contributed by atoms with van der Waals surface area (Å²) < 4.78 is 22.7. The highest BCUT2D eigenvalue weighted by Gasteiger charge is 2.30. The zero-order valence-electron chi connectivity index (χ0n) is 14.8. The van der Waals surface area contributed by atoms with E-state index >= 15 is 0 Å². The first-order chi connectivity index (χ1) is 9.06. The summed E-state index contributed by atoms with van der Waals surface area (Å²) in [5, 5.41) is 0. The Bertz CT molecular complexity index is 252. The molecule has 4 nitrogen and oxygen atoms in total. The Morgan fingerprint density at radius 3 is 1.55 bits per heavy atom. The van der Waals surface area contributed by atoms with Gasteiger partial charge in [0.2, 0.25) is 0 Å². The van der Waals surface area contributed by atoms with Gasteiger partial charge in [-0.25, -0.2) is 0 Å². The molecule has 0 aromatic carbocycles. The lowest BCUT2D eigenvalue weighted by molar-refractivity contribution is -0.239. The number of methoxy groups -OCH3 is 2. The van der Waals surface area contributed by atoms with Gasteiger partial charge in [-0.1, -0.05) is 48.5 Å². The van der Waals surface area contributed by atoms with Gasteiger partial charge in [-0.15, -0.1) is 0 Å². The predicted molar refractivity (Wildman–Crippen MR) is 81.6 cm³/mol. The van der Waals surface area contributed by atoms with Crippen LogP contribution in [0.3, 0.4) is 0 Å². The van der Waals surface area contributed by atoms with Crippen molar-refractivity contribution in [2.45, 2.75) is 73.6 Å². The van der Waals surface area contributed by atoms with E-state index in [0.29, 0.717) is 6.61 Å². The average molecular weight is 290 g/mol. The Morgan fingerprint density at radius 1 is 0.800 bits per heavy atom. The summed E-state index contributed by atoms with van der Waals surface area (Å²) >= 11 is 0. The number of hydrogen-bond donors (Lipinski definition) is 0. The van der Waals surface area contributed by atoms with Crippen molar-refractivity contribution in [1.82, 2.24) is 0 Å². The molecule has 0 aliphatic carbocycles. The van der Waals surface area contributed by atoms with Crippen LogP contribution in [0.2, 0.25) is 0 Å². The highest BCUT2D eigenvalue weighted by molar-refractivity contribution is 4.70. The molecule has 3 unspecified atom stereocenters. The topological polar surface area (TPSA) is 36.9 Å². The minimum Gasteiger partial charge on any atom is -0.355 e. The molecule has 0 spiro atoms. The van der Waals surface area contributed by atoms with E-state index in [1.54, 1.807) is 14.2 Å². The lowest BCUT2D eigenvalue weighted by Crippen LogP contribution is -2.39. The fraction of sp³-hybridized carbons (Fsp3) is 1.00. The van der Waals surface area contributed by atoms with Gasteiger partial charge in [0, 0.05) is 25.0 Å². The Hall–Kier alpha value is -0.160. The van der Waals surface area contributed by atoms with Gasteiger partial charge in [0.25, 0.3) is 0 Å². The van der Waals surface area contributed by atoms with Crippen molar-refractivity contribution >= 4 is 0 Å². The summed E-state index contributed by atoms with van der Waals surface area (Å²) in [6.45, 7) is 15.2. The van der Waals surface area contributed by atoms with Crippen molar-refractivity contribution in [3.63, 3.8) is 0 Å². The third-order valence-electron chi connectivity index (χ3n) is 3.05. The van der Waals surface area contributed by atoms with E-state index in [2.05, 4.69) is 48.5 Å². The molecule has 0 saturated carbocycles. The second-order valence-electron chi connectivity index (χ2n) is 7.37. The number of hydrogen-bond acceptors (Lipinski definition) is 4. The Kier molecular flexibility index (Phi) is 8.26. The van der Waals surface area contributed by atoms with Gasteiger partial charge in [0.05, 0.1) is 12.7 Å². The van der Waals surface area contributed by atoms with Crippen LogP contribution in [-0.2, 0) is 18.9 Å². The molecule has 20 heavy (non-hydrogen) atoms. The maximum Gasteiger partial charge on any atom is 0.162 e. The summed E-state index contributed by atoms with van der Waals surface area (Å²) in [5.41, 5.74) is -0.120. The standard InChI is InChI=1S/C16H34O4/c1-10-12(20-14(18-9)16(5,6)7)11-19-13(17-8)15(2,3)4/h12-14H,10-11H2,1-9H3. The lowest BCUT2D eigenvalue weighted by Gasteiger charge is -2.34. The zero-order valence-corrected chi connectivity index (χ0v) is 14.8. The van der Waals surface area contributed by atoms with E-state index in [1.165, 1.54) is 0 Å².